The molecule has 0 aliphatic rings. The maximum atomic E-state index is 12.4. The first-order chi connectivity index (χ1) is 11.2. The monoisotopic (exact) mass is 342 g/mol. The average Bonchev–Trinajstić information content (AvgIpc) is 2.49. The maximum absolute atomic E-state index is 12.4. The highest BCUT2D eigenvalue weighted by Crippen LogP contribution is 2.23. The van der Waals surface area contributed by atoms with Gasteiger partial charge in [-0.3, -0.25) is 9.59 Å². The van der Waals surface area contributed by atoms with Gasteiger partial charge in [-0.05, 0) is 45.4 Å². The zero-order valence-corrected chi connectivity index (χ0v) is 15.6. The molecule has 3 unspecified atom stereocenters. The molecule has 0 aliphatic carbocycles. The van der Waals surface area contributed by atoms with Crippen LogP contribution in [-0.2, 0) is 19.1 Å². The van der Waals surface area contributed by atoms with Gasteiger partial charge >= 0.3 is 5.97 Å². The molecule has 0 fully saturated rings. The number of carbonyl (C=O) groups is 3. The average molecular weight is 342 g/mol. The fourth-order valence-corrected chi connectivity index (χ4v) is 2.47. The van der Waals surface area contributed by atoms with Gasteiger partial charge < -0.3 is 20.0 Å². The Kier molecular flexibility index (Phi) is 11.1. The zero-order valence-electron chi connectivity index (χ0n) is 15.6. The number of rotatable bonds is 12. The highest BCUT2D eigenvalue weighted by atomic mass is 16.5. The largest absolute Gasteiger partial charge is 0.550 e. The molecule has 0 aromatic carbocycles. The first-order valence-electron chi connectivity index (χ1n) is 8.90. The maximum Gasteiger partial charge on any atom is 0.308 e. The molecule has 0 saturated carbocycles. The van der Waals surface area contributed by atoms with Gasteiger partial charge in [-0.25, -0.2) is 0 Å². The van der Waals surface area contributed by atoms with Crippen LogP contribution in [0.2, 0.25) is 0 Å². The Morgan fingerprint density at radius 3 is 2.12 bits per heavy atom. The Bertz CT molecular complexity index is 408. The topological polar surface area (TPSA) is 95.5 Å². The van der Waals surface area contributed by atoms with Crippen molar-refractivity contribution in [1.29, 1.82) is 0 Å². The van der Waals surface area contributed by atoms with Crippen molar-refractivity contribution in [2.24, 2.45) is 17.8 Å². The van der Waals surface area contributed by atoms with Crippen LogP contribution in [0.15, 0.2) is 0 Å². The van der Waals surface area contributed by atoms with E-state index in [2.05, 4.69) is 5.32 Å². The SMILES string of the molecule is CCCCOC(=O)C(C)CC(CC(CC)C(=O)[O-])C(=O)NC(C)C. The first kappa shape index (κ1) is 22.4. The van der Waals surface area contributed by atoms with Crippen molar-refractivity contribution in [2.45, 2.75) is 72.8 Å². The number of amides is 1. The molecule has 0 spiro atoms. The number of aliphatic carboxylic acids is 1. The van der Waals surface area contributed by atoms with E-state index in [1.54, 1.807) is 13.8 Å². The van der Waals surface area contributed by atoms with Gasteiger partial charge in [0, 0.05) is 17.9 Å². The molecule has 140 valence electrons. The van der Waals surface area contributed by atoms with E-state index < -0.39 is 23.7 Å². The second-order valence-corrected chi connectivity index (χ2v) is 6.68. The predicted molar refractivity (Wildman–Crippen MR) is 89.8 cm³/mol. The Labute approximate surface area is 145 Å². The van der Waals surface area contributed by atoms with E-state index in [4.69, 9.17) is 4.74 Å². The molecule has 3 atom stereocenters. The number of ether oxygens (including phenoxy) is 1. The normalized spacial score (nSPS) is 14.8. The van der Waals surface area contributed by atoms with Crippen LogP contribution in [0.4, 0.5) is 0 Å². The molecule has 24 heavy (non-hydrogen) atoms. The van der Waals surface area contributed by atoms with Crippen molar-refractivity contribution in [2.75, 3.05) is 6.61 Å². The lowest BCUT2D eigenvalue weighted by atomic mass is 9.85. The van der Waals surface area contributed by atoms with Crippen molar-refractivity contribution in [3.8, 4) is 0 Å². The van der Waals surface area contributed by atoms with E-state index >= 15 is 0 Å². The van der Waals surface area contributed by atoms with E-state index in [1.165, 1.54) is 0 Å². The van der Waals surface area contributed by atoms with Gasteiger partial charge in [0.2, 0.25) is 5.91 Å². The van der Waals surface area contributed by atoms with Crippen LogP contribution < -0.4 is 10.4 Å². The first-order valence-corrected chi connectivity index (χ1v) is 8.90. The number of carboxylic acids is 1. The molecular formula is C18H32NO5-. The van der Waals surface area contributed by atoms with E-state index in [9.17, 15) is 19.5 Å². The molecular weight excluding hydrogens is 310 g/mol. The Morgan fingerprint density at radius 1 is 1.04 bits per heavy atom. The van der Waals surface area contributed by atoms with E-state index in [0.717, 1.165) is 12.8 Å². The second-order valence-electron chi connectivity index (χ2n) is 6.68. The standard InChI is InChI=1S/C18H33NO5/c1-6-8-9-24-18(23)13(5)10-15(16(20)19-12(3)4)11-14(7-2)17(21)22/h12-15H,6-11H2,1-5H3,(H,19,20)(H,21,22)/p-1. The van der Waals surface area contributed by atoms with Gasteiger partial charge in [0.25, 0.3) is 0 Å². The van der Waals surface area contributed by atoms with Gasteiger partial charge in [0.05, 0.1) is 12.5 Å². The number of esters is 1. The second kappa shape index (κ2) is 11.9. The van der Waals surface area contributed by atoms with Crippen LogP contribution in [0.3, 0.4) is 0 Å². The Morgan fingerprint density at radius 2 is 1.67 bits per heavy atom. The fourth-order valence-electron chi connectivity index (χ4n) is 2.47. The van der Waals surface area contributed by atoms with Gasteiger partial charge in [-0.1, -0.05) is 27.2 Å². The minimum atomic E-state index is -1.15. The van der Waals surface area contributed by atoms with Crippen molar-refractivity contribution in [3.05, 3.63) is 0 Å². The van der Waals surface area contributed by atoms with Gasteiger partial charge in [0.15, 0.2) is 0 Å². The van der Waals surface area contributed by atoms with Crippen molar-refractivity contribution >= 4 is 17.8 Å². The summed E-state index contributed by atoms with van der Waals surface area (Å²) in [4.78, 5) is 35.5. The molecule has 6 heteroatoms. The van der Waals surface area contributed by atoms with E-state index in [0.29, 0.717) is 13.0 Å². The smallest absolute Gasteiger partial charge is 0.308 e. The predicted octanol–water partition coefficient (Wildman–Crippen LogP) is 1.66. The third-order valence-electron chi connectivity index (χ3n) is 3.98. The van der Waals surface area contributed by atoms with Crippen molar-refractivity contribution in [1.82, 2.24) is 5.32 Å². The minimum Gasteiger partial charge on any atom is -0.550 e. The molecule has 6 nitrogen and oxygen atoms in total. The summed E-state index contributed by atoms with van der Waals surface area (Å²) in [5.41, 5.74) is 0. The van der Waals surface area contributed by atoms with Crippen molar-refractivity contribution in [3.63, 3.8) is 0 Å². The van der Waals surface area contributed by atoms with Crippen LogP contribution >= 0.6 is 0 Å². The molecule has 0 saturated heterocycles. The molecule has 1 amide bonds. The summed E-state index contributed by atoms with van der Waals surface area (Å²) < 4.78 is 5.19. The lowest BCUT2D eigenvalue weighted by molar-refractivity contribution is -0.312. The van der Waals surface area contributed by atoms with E-state index in [1.807, 2.05) is 20.8 Å². The fraction of sp³-hybridized carbons (Fsp3) is 0.833. The molecule has 0 bridgehead atoms. The summed E-state index contributed by atoms with van der Waals surface area (Å²) in [6.07, 6.45) is 2.57. The third kappa shape index (κ3) is 8.89. The lowest BCUT2D eigenvalue weighted by Crippen LogP contribution is -2.40. The van der Waals surface area contributed by atoms with Crippen LogP contribution in [-0.4, -0.2) is 30.5 Å². The zero-order chi connectivity index (χ0) is 18.7. The summed E-state index contributed by atoms with van der Waals surface area (Å²) in [7, 11) is 0. The number of carboxylic acid groups (broad SMARTS) is 1. The number of hydrogen-bond donors (Lipinski definition) is 1. The molecule has 1 N–H and O–H groups in total. The highest BCUT2D eigenvalue weighted by molar-refractivity contribution is 5.81. The molecule has 0 aromatic heterocycles. The quantitative estimate of drug-likeness (QED) is 0.430. The number of nitrogens with one attached hydrogen (secondary N) is 1. The van der Waals surface area contributed by atoms with Crippen LogP contribution in [0.5, 0.6) is 0 Å². The van der Waals surface area contributed by atoms with Gasteiger partial charge in [-0.2, -0.15) is 0 Å². The summed E-state index contributed by atoms with van der Waals surface area (Å²) in [5, 5.41) is 14.0. The van der Waals surface area contributed by atoms with Crippen LogP contribution in [0.1, 0.15) is 66.7 Å². The summed E-state index contributed by atoms with van der Waals surface area (Å²) in [6.45, 7) is 9.53. The molecule has 0 heterocycles. The minimum absolute atomic E-state index is 0.0464. The van der Waals surface area contributed by atoms with Crippen LogP contribution in [0.25, 0.3) is 0 Å². The molecule has 0 radical (unpaired) electrons. The summed E-state index contributed by atoms with van der Waals surface area (Å²) >= 11 is 0. The Balaban J connectivity index is 4.88. The van der Waals surface area contributed by atoms with Gasteiger partial charge in [-0.15, -0.1) is 0 Å². The Hall–Kier alpha value is -1.59. The molecule has 0 aromatic rings. The number of carbonyl (C=O) groups excluding carboxylic acids is 3. The van der Waals surface area contributed by atoms with Crippen LogP contribution in [0, 0.1) is 17.8 Å². The molecule has 0 rings (SSSR count). The van der Waals surface area contributed by atoms with E-state index in [-0.39, 0.29) is 30.8 Å². The van der Waals surface area contributed by atoms with Crippen molar-refractivity contribution < 1.29 is 24.2 Å². The molecule has 0 aliphatic heterocycles. The number of unbranched alkanes of at least 4 members (excludes halogenated alkanes) is 1. The summed E-state index contributed by atoms with van der Waals surface area (Å²) in [5.74, 6) is -3.42. The lowest BCUT2D eigenvalue weighted by Gasteiger charge is -2.25. The third-order valence-corrected chi connectivity index (χ3v) is 3.98. The van der Waals surface area contributed by atoms with Gasteiger partial charge in [0.1, 0.15) is 0 Å². The highest BCUT2D eigenvalue weighted by Gasteiger charge is 2.28. The summed E-state index contributed by atoms with van der Waals surface area (Å²) in [6, 6.07) is -0.0464. The number of hydrogen-bond acceptors (Lipinski definition) is 5.